The molecule has 29 heavy (non-hydrogen) atoms. The fourth-order valence-corrected chi connectivity index (χ4v) is 3.70. The first kappa shape index (κ1) is 21.4. The summed E-state index contributed by atoms with van der Waals surface area (Å²) >= 11 is 9.01. The number of halogens is 1. The predicted molar refractivity (Wildman–Crippen MR) is 121 cm³/mol. The van der Waals surface area contributed by atoms with Gasteiger partial charge in [-0.2, -0.15) is 5.10 Å². The molecule has 0 saturated carbocycles. The number of methoxy groups -OCH3 is 1. The number of rotatable bonds is 9. The summed E-state index contributed by atoms with van der Waals surface area (Å²) in [6.45, 7) is 5.14. The molecule has 0 aliphatic rings. The highest BCUT2D eigenvalue weighted by Gasteiger charge is 2.16. The average Bonchev–Trinajstić information content (AvgIpc) is 3.06. The van der Waals surface area contributed by atoms with Crippen molar-refractivity contribution in [1.29, 1.82) is 0 Å². The van der Waals surface area contributed by atoms with Crippen LogP contribution in [-0.4, -0.2) is 22.0 Å². The fourth-order valence-electron chi connectivity index (χ4n) is 3.03. The molecule has 0 aliphatic heterocycles. The Kier molecular flexibility index (Phi) is 7.33. The third-order valence-electron chi connectivity index (χ3n) is 4.65. The Bertz CT molecular complexity index is 1030. The van der Waals surface area contributed by atoms with Gasteiger partial charge in [0.15, 0.2) is 17.3 Å². The zero-order chi connectivity index (χ0) is 20.8. The van der Waals surface area contributed by atoms with Gasteiger partial charge in [0.1, 0.15) is 6.61 Å². The first-order valence-corrected chi connectivity index (χ1v) is 10.7. The molecule has 0 saturated heterocycles. The van der Waals surface area contributed by atoms with Crippen molar-refractivity contribution in [3.8, 4) is 11.5 Å². The van der Waals surface area contributed by atoms with E-state index in [0.29, 0.717) is 29.4 Å². The molecule has 2 aromatic carbocycles. The van der Waals surface area contributed by atoms with Crippen molar-refractivity contribution >= 4 is 28.1 Å². The highest BCUT2D eigenvalue weighted by molar-refractivity contribution is 9.10. The molecule has 1 heterocycles. The predicted octanol–water partition coefficient (Wildman–Crippen LogP) is 5.30. The maximum absolute atomic E-state index is 6.23. The third kappa shape index (κ3) is 5.00. The Balaban J connectivity index is 1.87. The number of aromatic amines is 1. The number of ether oxygens (including phenoxy) is 2. The van der Waals surface area contributed by atoms with Crippen molar-refractivity contribution in [2.75, 3.05) is 12.5 Å². The van der Waals surface area contributed by atoms with Crippen molar-refractivity contribution in [3.05, 3.63) is 68.2 Å². The summed E-state index contributed by atoms with van der Waals surface area (Å²) in [6, 6.07) is 12.0. The summed E-state index contributed by atoms with van der Waals surface area (Å²) in [5, 5.41) is 7.15. The van der Waals surface area contributed by atoms with Crippen molar-refractivity contribution < 1.29 is 9.47 Å². The lowest BCUT2D eigenvalue weighted by Crippen LogP contribution is -2.18. The van der Waals surface area contributed by atoms with Crippen LogP contribution in [0.1, 0.15) is 35.9 Å². The third-order valence-corrected chi connectivity index (χ3v) is 5.67. The minimum atomic E-state index is 0.457. The number of nitrogens with zero attached hydrogens (tertiary/aromatic N) is 2. The number of aryl methyl sites for hydroxylation is 2. The number of nitrogens with one attached hydrogen (secondary N) is 2. The summed E-state index contributed by atoms with van der Waals surface area (Å²) in [6.07, 6.45) is 1.81. The van der Waals surface area contributed by atoms with Gasteiger partial charge in [0, 0.05) is 16.5 Å². The van der Waals surface area contributed by atoms with Gasteiger partial charge in [0.2, 0.25) is 4.77 Å². The Hall–Kier alpha value is -2.32. The minimum absolute atomic E-state index is 0.457. The zero-order valence-electron chi connectivity index (χ0n) is 16.8. The van der Waals surface area contributed by atoms with Gasteiger partial charge in [-0.15, -0.1) is 0 Å². The van der Waals surface area contributed by atoms with Crippen LogP contribution in [0.2, 0.25) is 0 Å². The molecule has 0 aliphatic carbocycles. The molecule has 0 fully saturated rings. The summed E-state index contributed by atoms with van der Waals surface area (Å²) < 4.78 is 15.1. The van der Waals surface area contributed by atoms with E-state index >= 15 is 0 Å². The van der Waals surface area contributed by atoms with Crippen LogP contribution in [0, 0.1) is 11.7 Å². The second-order valence-corrected chi connectivity index (χ2v) is 7.88. The van der Waals surface area contributed by atoms with Gasteiger partial charge in [0.25, 0.3) is 0 Å². The Morgan fingerprint density at radius 3 is 2.76 bits per heavy atom. The van der Waals surface area contributed by atoms with Crippen LogP contribution in [0.5, 0.6) is 11.5 Å². The molecule has 154 valence electrons. The van der Waals surface area contributed by atoms with E-state index in [9.17, 15) is 0 Å². The van der Waals surface area contributed by atoms with Crippen molar-refractivity contribution in [3.63, 3.8) is 0 Å². The van der Waals surface area contributed by atoms with Gasteiger partial charge in [0.05, 0.1) is 13.7 Å². The lowest BCUT2D eigenvalue weighted by molar-refractivity contribution is 0.280. The first-order chi connectivity index (χ1) is 14.0. The minimum Gasteiger partial charge on any atom is -0.493 e. The van der Waals surface area contributed by atoms with Crippen LogP contribution in [0.25, 0.3) is 0 Å². The molecule has 0 amide bonds. The topological polar surface area (TPSA) is 64.1 Å². The molecule has 0 bridgehead atoms. The molecule has 0 spiro atoms. The number of H-pyrrole nitrogens is 1. The standard InChI is InChI=1S/C21H25BrN4O2S/c1-4-7-19-24-25-21(29)26(19)23-12-16-17(22)10-11-18(27-3)20(16)28-13-15-9-6-5-8-14(15)2/h5-6,8-11,23H,4,7,12-13H2,1-3H3,(H,25,29). The Labute approximate surface area is 184 Å². The summed E-state index contributed by atoms with van der Waals surface area (Å²) in [7, 11) is 1.65. The molecule has 6 nitrogen and oxygen atoms in total. The van der Waals surface area contributed by atoms with Gasteiger partial charge in [-0.25, -0.2) is 4.68 Å². The van der Waals surface area contributed by atoms with E-state index in [1.165, 1.54) is 5.56 Å². The van der Waals surface area contributed by atoms with Crippen molar-refractivity contribution in [2.45, 2.75) is 39.8 Å². The Morgan fingerprint density at radius 1 is 1.24 bits per heavy atom. The summed E-state index contributed by atoms with van der Waals surface area (Å²) in [4.78, 5) is 0. The van der Waals surface area contributed by atoms with Crippen LogP contribution in [-0.2, 0) is 19.6 Å². The van der Waals surface area contributed by atoms with Crippen LogP contribution in [0.15, 0.2) is 40.9 Å². The van der Waals surface area contributed by atoms with E-state index in [2.05, 4.69) is 57.5 Å². The van der Waals surface area contributed by atoms with Crippen molar-refractivity contribution in [2.24, 2.45) is 0 Å². The SMILES string of the molecule is CCCc1n[nH]c(=S)n1NCc1c(Br)ccc(OC)c1OCc1ccccc1C. The van der Waals surface area contributed by atoms with Gasteiger partial charge < -0.3 is 14.9 Å². The Morgan fingerprint density at radius 2 is 2.03 bits per heavy atom. The lowest BCUT2D eigenvalue weighted by Gasteiger charge is -2.18. The summed E-state index contributed by atoms with van der Waals surface area (Å²) in [5.41, 5.74) is 6.63. The normalized spacial score (nSPS) is 10.8. The van der Waals surface area contributed by atoms with Gasteiger partial charge in [-0.05, 0) is 48.8 Å². The van der Waals surface area contributed by atoms with Crippen molar-refractivity contribution in [1.82, 2.24) is 14.9 Å². The second kappa shape index (κ2) is 9.93. The van der Waals surface area contributed by atoms with E-state index in [1.54, 1.807) is 7.11 Å². The number of aromatic nitrogens is 3. The lowest BCUT2D eigenvalue weighted by atomic mass is 10.1. The molecule has 8 heteroatoms. The average molecular weight is 477 g/mol. The molecule has 1 aromatic heterocycles. The number of hydrogen-bond acceptors (Lipinski definition) is 5. The maximum atomic E-state index is 6.23. The highest BCUT2D eigenvalue weighted by Crippen LogP contribution is 2.37. The van der Waals surface area contributed by atoms with E-state index in [0.717, 1.165) is 34.3 Å². The first-order valence-electron chi connectivity index (χ1n) is 9.48. The molecule has 2 N–H and O–H groups in total. The quantitative estimate of drug-likeness (QED) is 0.410. The van der Waals surface area contributed by atoms with Crippen LogP contribution < -0.4 is 14.9 Å². The van der Waals surface area contributed by atoms with Crippen LogP contribution in [0.3, 0.4) is 0 Å². The van der Waals surface area contributed by atoms with Crippen LogP contribution in [0.4, 0.5) is 0 Å². The van der Waals surface area contributed by atoms with Crippen LogP contribution >= 0.6 is 28.1 Å². The van der Waals surface area contributed by atoms with E-state index in [1.807, 2.05) is 28.9 Å². The van der Waals surface area contributed by atoms with Gasteiger partial charge >= 0.3 is 0 Å². The van der Waals surface area contributed by atoms with E-state index in [-0.39, 0.29) is 0 Å². The highest BCUT2D eigenvalue weighted by atomic mass is 79.9. The maximum Gasteiger partial charge on any atom is 0.214 e. The molecule has 3 aromatic rings. The zero-order valence-corrected chi connectivity index (χ0v) is 19.2. The number of benzene rings is 2. The molecular weight excluding hydrogens is 452 g/mol. The second-order valence-electron chi connectivity index (χ2n) is 6.64. The van der Waals surface area contributed by atoms with Gasteiger partial charge in [-0.3, -0.25) is 5.10 Å². The van der Waals surface area contributed by atoms with E-state index < -0.39 is 0 Å². The largest absolute Gasteiger partial charge is 0.493 e. The fraction of sp³-hybridized carbons (Fsp3) is 0.333. The summed E-state index contributed by atoms with van der Waals surface area (Å²) in [5.74, 6) is 2.26. The molecule has 3 rings (SSSR count). The number of hydrogen-bond donors (Lipinski definition) is 2. The molecule has 0 unspecified atom stereocenters. The van der Waals surface area contributed by atoms with Gasteiger partial charge in [-0.1, -0.05) is 47.1 Å². The molecule has 0 radical (unpaired) electrons. The monoisotopic (exact) mass is 476 g/mol. The smallest absolute Gasteiger partial charge is 0.214 e. The molecular formula is C21H25BrN4O2S. The van der Waals surface area contributed by atoms with E-state index in [4.69, 9.17) is 21.7 Å². The molecule has 0 atom stereocenters.